The van der Waals surface area contributed by atoms with Crippen molar-refractivity contribution in [3.63, 3.8) is 0 Å². The zero-order valence-electron chi connectivity index (χ0n) is 13.0. The average molecular weight is 303 g/mol. The van der Waals surface area contributed by atoms with Gasteiger partial charge in [-0.1, -0.05) is 6.07 Å². The van der Waals surface area contributed by atoms with E-state index in [1.54, 1.807) is 12.1 Å². The molecule has 0 bridgehead atoms. The molecule has 3 rings (SSSR count). The monoisotopic (exact) mass is 303 g/mol. The first-order valence-electron chi connectivity index (χ1n) is 8.15. The second kappa shape index (κ2) is 6.48. The van der Waals surface area contributed by atoms with E-state index in [9.17, 15) is 9.59 Å². The van der Waals surface area contributed by atoms with Gasteiger partial charge >= 0.3 is 0 Å². The van der Waals surface area contributed by atoms with Gasteiger partial charge in [0.1, 0.15) is 5.75 Å². The first-order chi connectivity index (χ1) is 10.7. The van der Waals surface area contributed by atoms with Crippen LogP contribution in [0.15, 0.2) is 24.3 Å². The summed E-state index contributed by atoms with van der Waals surface area (Å²) in [6.07, 6.45) is 3.85. The molecule has 1 N–H and O–H groups in total. The van der Waals surface area contributed by atoms with Gasteiger partial charge in [-0.3, -0.25) is 9.59 Å². The van der Waals surface area contributed by atoms with Crippen molar-refractivity contribution in [3.8, 4) is 5.75 Å². The Balaban J connectivity index is 1.80. The summed E-state index contributed by atoms with van der Waals surface area (Å²) in [5, 5.41) is 0. The number of nitrogens with zero attached hydrogens (tertiary/aromatic N) is 1. The van der Waals surface area contributed by atoms with Crippen LogP contribution in [-0.2, 0) is 9.59 Å². The lowest BCUT2D eigenvalue weighted by Gasteiger charge is -2.27. The molecule has 0 unspecified atom stereocenters. The number of rotatable bonds is 4. The van der Waals surface area contributed by atoms with Gasteiger partial charge in [0, 0.05) is 6.07 Å². The zero-order chi connectivity index (χ0) is 15.5. The van der Waals surface area contributed by atoms with Crippen molar-refractivity contribution in [1.82, 2.24) is 0 Å². The number of nitrogens with one attached hydrogen (secondary N) is 1. The standard InChI is InChI=1S/C17H22N2O3/c1-2-22-14-8-6-7-13(11-14)19-16(20)12-15(17(19)21)18-9-4-3-5-10-18/h6-8,11,15H,2-5,9-10,12H2,1H3/p+1/t15-/m0/s1. The second-order valence-corrected chi connectivity index (χ2v) is 5.97. The fourth-order valence-corrected chi connectivity index (χ4v) is 3.46. The Hall–Kier alpha value is -1.88. The molecule has 0 saturated carbocycles. The molecule has 1 aromatic rings. The van der Waals surface area contributed by atoms with E-state index < -0.39 is 0 Å². The van der Waals surface area contributed by atoms with Crippen molar-refractivity contribution >= 4 is 17.5 Å². The van der Waals surface area contributed by atoms with Crippen LogP contribution in [0.5, 0.6) is 5.75 Å². The number of hydrogen-bond donors (Lipinski definition) is 1. The normalized spacial score (nSPS) is 23.1. The second-order valence-electron chi connectivity index (χ2n) is 5.97. The first kappa shape index (κ1) is 15.0. The lowest BCUT2D eigenvalue weighted by Crippen LogP contribution is -3.17. The molecular formula is C17H23N2O3+. The quantitative estimate of drug-likeness (QED) is 0.837. The predicted molar refractivity (Wildman–Crippen MR) is 83.1 cm³/mol. The third kappa shape index (κ3) is 2.86. The number of anilines is 1. The van der Waals surface area contributed by atoms with Gasteiger partial charge in [0.2, 0.25) is 5.91 Å². The number of amides is 2. The van der Waals surface area contributed by atoms with Crippen LogP contribution in [-0.4, -0.2) is 37.6 Å². The minimum absolute atomic E-state index is 0.0597. The van der Waals surface area contributed by atoms with E-state index in [0.29, 0.717) is 24.5 Å². The minimum atomic E-state index is -0.205. The van der Waals surface area contributed by atoms with Crippen LogP contribution in [0.25, 0.3) is 0 Å². The molecule has 2 amide bonds. The Morgan fingerprint density at radius 2 is 2.00 bits per heavy atom. The smallest absolute Gasteiger partial charge is 0.292 e. The number of hydrogen-bond acceptors (Lipinski definition) is 3. The number of piperidine rings is 1. The first-order valence-corrected chi connectivity index (χ1v) is 8.15. The van der Waals surface area contributed by atoms with Gasteiger partial charge in [0.25, 0.3) is 5.91 Å². The molecule has 118 valence electrons. The van der Waals surface area contributed by atoms with Crippen LogP contribution < -0.4 is 14.5 Å². The van der Waals surface area contributed by atoms with Crippen LogP contribution in [0.2, 0.25) is 0 Å². The zero-order valence-corrected chi connectivity index (χ0v) is 13.0. The highest BCUT2D eigenvalue weighted by atomic mass is 16.5. The van der Waals surface area contributed by atoms with Crippen molar-refractivity contribution in [2.75, 3.05) is 24.6 Å². The topological polar surface area (TPSA) is 51.0 Å². The van der Waals surface area contributed by atoms with Crippen molar-refractivity contribution in [1.29, 1.82) is 0 Å². The Kier molecular flexibility index (Phi) is 4.43. The van der Waals surface area contributed by atoms with Gasteiger partial charge in [-0.25, -0.2) is 4.90 Å². The van der Waals surface area contributed by atoms with Crippen LogP contribution in [0.3, 0.4) is 0 Å². The lowest BCUT2D eigenvalue weighted by atomic mass is 10.1. The molecule has 1 atom stereocenters. The number of benzene rings is 1. The summed E-state index contributed by atoms with van der Waals surface area (Å²) in [5.41, 5.74) is 0.625. The van der Waals surface area contributed by atoms with E-state index in [2.05, 4.69) is 0 Å². The Morgan fingerprint density at radius 3 is 2.73 bits per heavy atom. The highest BCUT2D eigenvalue weighted by Crippen LogP contribution is 2.26. The molecule has 0 radical (unpaired) electrons. The Labute approximate surface area is 130 Å². The SMILES string of the molecule is CCOc1cccc(N2C(=O)C[C@H]([NH+]3CCCCC3)C2=O)c1. The fraction of sp³-hybridized carbons (Fsp3) is 0.529. The maximum absolute atomic E-state index is 12.7. The maximum Gasteiger partial charge on any atom is 0.292 e. The van der Waals surface area contributed by atoms with Crippen molar-refractivity contribution < 1.29 is 19.2 Å². The Bertz CT molecular complexity index is 567. The summed E-state index contributed by atoms with van der Waals surface area (Å²) in [4.78, 5) is 27.7. The highest BCUT2D eigenvalue weighted by Gasteiger charge is 2.45. The molecule has 0 aliphatic carbocycles. The van der Waals surface area contributed by atoms with Gasteiger partial charge in [0.15, 0.2) is 6.04 Å². The predicted octanol–water partition coefficient (Wildman–Crippen LogP) is 0.786. The summed E-state index contributed by atoms with van der Waals surface area (Å²) < 4.78 is 5.47. The van der Waals surface area contributed by atoms with E-state index in [-0.39, 0.29) is 17.9 Å². The van der Waals surface area contributed by atoms with Gasteiger partial charge < -0.3 is 9.64 Å². The number of imide groups is 1. The summed E-state index contributed by atoms with van der Waals surface area (Å²) in [6, 6.07) is 7.02. The van der Waals surface area contributed by atoms with E-state index in [1.165, 1.54) is 16.2 Å². The van der Waals surface area contributed by atoms with Crippen LogP contribution >= 0.6 is 0 Å². The fourth-order valence-electron chi connectivity index (χ4n) is 3.46. The number of carbonyl (C=O) groups excluding carboxylic acids is 2. The van der Waals surface area contributed by atoms with E-state index >= 15 is 0 Å². The molecule has 0 aromatic heterocycles. The number of ether oxygens (including phenoxy) is 1. The molecule has 2 saturated heterocycles. The molecule has 0 spiro atoms. The lowest BCUT2D eigenvalue weighted by molar-refractivity contribution is -0.919. The number of likely N-dealkylation sites (tertiary alicyclic amines) is 1. The van der Waals surface area contributed by atoms with Crippen LogP contribution in [0.1, 0.15) is 32.6 Å². The number of carbonyl (C=O) groups is 2. The van der Waals surface area contributed by atoms with Crippen molar-refractivity contribution in [3.05, 3.63) is 24.3 Å². The number of quaternary nitrogens is 1. The molecule has 5 heteroatoms. The van der Waals surface area contributed by atoms with E-state index in [4.69, 9.17) is 4.74 Å². The largest absolute Gasteiger partial charge is 0.494 e. The molecule has 1 aromatic carbocycles. The molecule has 2 aliphatic heterocycles. The van der Waals surface area contributed by atoms with Crippen molar-refractivity contribution in [2.45, 2.75) is 38.6 Å². The average Bonchev–Trinajstić information content (AvgIpc) is 2.84. The molecular weight excluding hydrogens is 280 g/mol. The molecule has 2 aliphatic rings. The van der Waals surface area contributed by atoms with Gasteiger partial charge in [0.05, 0.1) is 31.8 Å². The third-order valence-corrected chi connectivity index (χ3v) is 4.52. The van der Waals surface area contributed by atoms with E-state index in [0.717, 1.165) is 25.9 Å². The highest BCUT2D eigenvalue weighted by molar-refractivity contribution is 6.21. The molecule has 2 heterocycles. The summed E-state index contributed by atoms with van der Waals surface area (Å²) in [6.45, 7) is 4.47. The Morgan fingerprint density at radius 1 is 1.23 bits per heavy atom. The van der Waals surface area contributed by atoms with E-state index in [1.807, 2.05) is 19.1 Å². The third-order valence-electron chi connectivity index (χ3n) is 4.52. The van der Waals surface area contributed by atoms with Crippen LogP contribution in [0.4, 0.5) is 5.69 Å². The summed E-state index contributed by atoms with van der Waals surface area (Å²) in [7, 11) is 0. The summed E-state index contributed by atoms with van der Waals surface area (Å²) >= 11 is 0. The van der Waals surface area contributed by atoms with Gasteiger partial charge in [-0.2, -0.15) is 0 Å². The van der Waals surface area contributed by atoms with Crippen LogP contribution in [0, 0.1) is 0 Å². The molecule has 22 heavy (non-hydrogen) atoms. The van der Waals surface area contributed by atoms with Gasteiger partial charge in [-0.05, 0) is 38.3 Å². The molecule has 2 fully saturated rings. The minimum Gasteiger partial charge on any atom is -0.494 e. The molecule has 5 nitrogen and oxygen atoms in total. The van der Waals surface area contributed by atoms with Crippen molar-refractivity contribution in [2.24, 2.45) is 0 Å². The van der Waals surface area contributed by atoms with Gasteiger partial charge in [-0.15, -0.1) is 0 Å². The summed E-state index contributed by atoms with van der Waals surface area (Å²) in [5.74, 6) is 0.534. The maximum atomic E-state index is 12.7.